The first-order chi connectivity index (χ1) is 17.4. The lowest BCUT2D eigenvalue weighted by molar-refractivity contribution is 0.0922. The summed E-state index contributed by atoms with van der Waals surface area (Å²) in [7, 11) is 2.85. The highest BCUT2D eigenvalue weighted by atomic mass is 35.5. The van der Waals surface area contributed by atoms with Crippen LogP contribution in [-0.2, 0) is 9.47 Å². The number of imidazole rings is 1. The minimum atomic E-state index is -0.566. The molecule has 1 aliphatic rings. The molecule has 0 spiro atoms. The number of hydrogen-bond donors (Lipinski definition) is 3. The summed E-state index contributed by atoms with van der Waals surface area (Å²) in [5, 5.41) is 32.7. The highest BCUT2D eigenvalue weighted by Crippen LogP contribution is 2.37. The van der Waals surface area contributed by atoms with E-state index in [2.05, 4.69) is 37.1 Å². The predicted molar refractivity (Wildman–Crippen MR) is 131 cm³/mol. The average Bonchev–Trinajstić information content (AvgIpc) is 3.49. The lowest BCUT2D eigenvalue weighted by Gasteiger charge is -2.22. The Balaban J connectivity index is 1.71. The van der Waals surface area contributed by atoms with E-state index in [9.17, 15) is 15.3 Å². The van der Waals surface area contributed by atoms with E-state index < -0.39 is 6.09 Å². The molecule has 3 N–H and O–H groups in total. The van der Waals surface area contributed by atoms with Crippen molar-refractivity contribution in [2.24, 2.45) is 0 Å². The summed E-state index contributed by atoms with van der Waals surface area (Å²) in [6.07, 6.45) is 0.527. The fourth-order valence-corrected chi connectivity index (χ4v) is 4.25. The van der Waals surface area contributed by atoms with E-state index in [0.717, 1.165) is 0 Å². The average molecular weight is 511 g/mol. The number of methoxy groups -OCH3 is 2. The molecule has 0 aliphatic carbocycles. The molecule has 3 heterocycles. The Bertz CT molecular complexity index is 1380. The second kappa shape index (κ2) is 10.5. The van der Waals surface area contributed by atoms with Crippen LogP contribution < -0.4 is 20.9 Å². The Hall–Kier alpha value is -4.33. The van der Waals surface area contributed by atoms with Gasteiger partial charge in [-0.3, -0.25) is 0 Å². The van der Waals surface area contributed by atoms with Gasteiger partial charge in [-0.15, -0.1) is 5.10 Å². The number of carbonyl (C=O) groups excluding carboxylic acids is 1. The molecule has 4 rings (SSSR count). The van der Waals surface area contributed by atoms with Crippen molar-refractivity contribution in [1.82, 2.24) is 24.9 Å². The second-order valence-electron chi connectivity index (χ2n) is 7.82. The van der Waals surface area contributed by atoms with Gasteiger partial charge in [0.25, 0.3) is 0 Å². The van der Waals surface area contributed by atoms with Crippen LogP contribution in [0.1, 0.15) is 18.2 Å². The number of anilines is 4. The van der Waals surface area contributed by atoms with E-state index in [0.29, 0.717) is 53.1 Å². The van der Waals surface area contributed by atoms with Gasteiger partial charge in [-0.05, 0) is 19.1 Å². The van der Waals surface area contributed by atoms with E-state index in [1.54, 1.807) is 19.2 Å². The highest BCUT2D eigenvalue weighted by Gasteiger charge is 2.35. The molecule has 36 heavy (non-hydrogen) atoms. The summed E-state index contributed by atoms with van der Waals surface area (Å²) < 4.78 is 11.6. The van der Waals surface area contributed by atoms with Crippen LogP contribution in [0.2, 0.25) is 5.02 Å². The fourth-order valence-electron chi connectivity index (χ4n) is 3.97. The molecule has 1 fully saturated rings. The zero-order valence-corrected chi connectivity index (χ0v) is 20.5. The third-order valence-electron chi connectivity index (χ3n) is 5.65. The number of alkyl carbamates (subject to hydrolysis) is 1. The fraction of sp³-hybridized carbons (Fsp3) is 0.364. The quantitative estimate of drug-likeness (QED) is 0.426. The Morgan fingerprint density at radius 2 is 2.08 bits per heavy atom. The van der Waals surface area contributed by atoms with Gasteiger partial charge in [0, 0.05) is 26.7 Å². The maximum Gasteiger partial charge on any atom is 0.407 e. The normalized spacial score (nSPS) is 16.9. The van der Waals surface area contributed by atoms with E-state index in [-0.39, 0.29) is 23.8 Å². The summed E-state index contributed by atoms with van der Waals surface area (Å²) in [4.78, 5) is 22.4. The molecule has 1 amide bonds. The van der Waals surface area contributed by atoms with Gasteiger partial charge >= 0.3 is 6.09 Å². The van der Waals surface area contributed by atoms with Gasteiger partial charge in [0.15, 0.2) is 17.2 Å². The maximum absolute atomic E-state index is 11.8. The highest BCUT2D eigenvalue weighted by molar-refractivity contribution is 6.36. The zero-order chi connectivity index (χ0) is 25.8. The lowest BCUT2D eigenvalue weighted by Crippen LogP contribution is -2.43. The number of fused-ring (bicyclic) bond motifs is 1. The summed E-state index contributed by atoms with van der Waals surface area (Å²) >= 11 is 6.79. The molecule has 186 valence electrons. The van der Waals surface area contributed by atoms with Crippen LogP contribution >= 0.6 is 11.6 Å². The van der Waals surface area contributed by atoms with Crippen molar-refractivity contribution >= 4 is 46.5 Å². The van der Waals surface area contributed by atoms with E-state index in [1.807, 2.05) is 17.9 Å². The topological polar surface area (TPSA) is 166 Å². The van der Waals surface area contributed by atoms with Gasteiger partial charge < -0.3 is 30.3 Å². The van der Waals surface area contributed by atoms with Gasteiger partial charge in [-0.25, -0.2) is 9.78 Å². The molecule has 1 saturated heterocycles. The number of aromatic nitrogens is 4. The molecule has 2 atom stereocenters. The van der Waals surface area contributed by atoms with Crippen LogP contribution in [0.25, 0.3) is 5.65 Å². The summed E-state index contributed by atoms with van der Waals surface area (Å²) in [6, 6.07) is 7.09. The first kappa shape index (κ1) is 24.8. The van der Waals surface area contributed by atoms with Crippen molar-refractivity contribution in [2.45, 2.75) is 19.1 Å². The molecule has 3 aromatic rings. The maximum atomic E-state index is 11.8. The Morgan fingerprint density at radius 1 is 1.28 bits per heavy atom. The van der Waals surface area contributed by atoms with Crippen LogP contribution in [-0.4, -0.2) is 71.7 Å². The molecule has 1 aliphatic heterocycles. The standard InChI is InChI=1S/C22H23ClN10O3/c1-4-26-19-20-27-9-13(8-25)33(20)31-21(30-19)28-14-5-12(7-24)6-16(18(14)23)32-10-15(17(11-32)35-2)29-22(34)36-3/h5-6,9,15,17H,4,10-11H2,1-3H3,(H,29,34)(H2,26,28,30,31)/t15-,17+/m0/s1. The summed E-state index contributed by atoms with van der Waals surface area (Å²) in [5.74, 6) is 0.584. The molecule has 2 aromatic heterocycles. The van der Waals surface area contributed by atoms with Gasteiger partial charge in [0.2, 0.25) is 5.95 Å². The second-order valence-corrected chi connectivity index (χ2v) is 8.20. The number of nitriles is 2. The minimum Gasteiger partial charge on any atom is -0.453 e. The monoisotopic (exact) mass is 510 g/mol. The van der Waals surface area contributed by atoms with Crippen molar-refractivity contribution in [3.05, 3.63) is 34.6 Å². The van der Waals surface area contributed by atoms with Crippen LogP contribution in [0.3, 0.4) is 0 Å². The number of ether oxygens (including phenoxy) is 2. The number of carbonyl (C=O) groups is 1. The van der Waals surface area contributed by atoms with Crippen molar-refractivity contribution < 1.29 is 14.3 Å². The SMILES string of the molecule is CCNc1nc(Nc2cc(C#N)cc(N3C[C@H](NC(=O)OC)[C@H](OC)C3)c2Cl)nn2c(C#N)cnc12. The molecule has 14 heteroatoms. The number of nitrogens with one attached hydrogen (secondary N) is 3. The number of halogens is 1. The Kier molecular flexibility index (Phi) is 7.24. The van der Waals surface area contributed by atoms with Crippen molar-refractivity contribution in [3.8, 4) is 12.1 Å². The third kappa shape index (κ3) is 4.75. The van der Waals surface area contributed by atoms with Crippen LogP contribution in [0.5, 0.6) is 0 Å². The van der Waals surface area contributed by atoms with E-state index in [4.69, 9.17) is 21.1 Å². The number of amides is 1. The van der Waals surface area contributed by atoms with Crippen LogP contribution in [0, 0.1) is 22.7 Å². The van der Waals surface area contributed by atoms with Gasteiger partial charge in [0.05, 0.1) is 53.5 Å². The van der Waals surface area contributed by atoms with Crippen molar-refractivity contribution in [2.75, 3.05) is 49.4 Å². The van der Waals surface area contributed by atoms with E-state index >= 15 is 0 Å². The number of rotatable bonds is 7. The molecule has 0 unspecified atom stereocenters. The van der Waals surface area contributed by atoms with Gasteiger partial charge in [0.1, 0.15) is 6.07 Å². The molecule has 0 saturated carbocycles. The molecule has 13 nitrogen and oxygen atoms in total. The lowest BCUT2D eigenvalue weighted by atomic mass is 10.1. The van der Waals surface area contributed by atoms with Crippen molar-refractivity contribution in [3.63, 3.8) is 0 Å². The first-order valence-corrected chi connectivity index (χ1v) is 11.3. The smallest absolute Gasteiger partial charge is 0.407 e. The molecular formula is C22H23ClN10O3. The minimum absolute atomic E-state index is 0.150. The number of benzene rings is 1. The third-order valence-corrected chi connectivity index (χ3v) is 6.05. The molecule has 0 bridgehead atoms. The van der Waals surface area contributed by atoms with Crippen molar-refractivity contribution in [1.29, 1.82) is 10.5 Å². The summed E-state index contributed by atoms with van der Waals surface area (Å²) in [5.41, 5.74) is 1.96. The molecular weight excluding hydrogens is 488 g/mol. The zero-order valence-electron chi connectivity index (χ0n) is 19.7. The summed E-state index contributed by atoms with van der Waals surface area (Å²) in [6.45, 7) is 3.29. The van der Waals surface area contributed by atoms with Crippen LogP contribution in [0.15, 0.2) is 18.3 Å². The van der Waals surface area contributed by atoms with Gasteiger partial charge in [-0.2, -0.15) is 20.0 Å². The molecule has 1 aromatic carbocycles. The van der Waals surface area contributed by atoms with Crippen LogP contribution in [0.4, 0.5) is 27.9 Å². The predicted octanol–water partition coefficient (Wildman–Crippen LogP) is 2.26. The van der Waals surface area contributed by atoms with Gasteiger partial charge in [-0.1, -0.05) is 11.6 Å². The number of hydrogen-bond acceptors (Lipinski definition) is 11. The number of nitrogens with zero attached hydrogens (tertiary/aromatic N) is 7. The Labute approximate surface area is 211 Å². The van der Waals surface area contributed by atoms with E-state index in [1.165, 1.54) is 17.8 Å². The first-order valence-electron chi connectivity index (χ1n) is 10.9. The molecule has 0 radical (unpaired) electrons. The largest absolute Gasteiger partial charge is 0.453 e. The Morgan fingerprint density at radius 3 is 2.75 bits per heavy atom.